The summed E-state index contributed by atoms with van der Waals surface area (Å²) in [6.45, 7) is 6.06. The second kappa shape index (κ2) is 10.1. The normalized spacial score (nSPS) is 16.2. The van der Waals surface area contributed by atoms with Crippen LogP contribution < -0.4 is 14.8 Å². The van der Waals surface area contributed by atoms with Crippen LogP contribution in [0.15, 0.2) is 30.5 Å². The summed E-state index contributed by atoms with van der Waals surface area (Å²) in [6, 6.07) is 7.28. The number of halogens is 1. The second-order valence-corrected chi connectivity index (χ2v) is 8.91. The minimum absolute atomic E-state index is 0.0316. The summed E-state index contributed by atoms with van der Waals surface area (Å²) in [5.41, 5.74) is 1.96. The van der Waals surface area contributed by atoms with Gasteiger partial charge in [-0.1, -0.05) is 0 Å². The van der Waals surface area contributed by atoms with E-state index in [0.29, 0.717) is 55.2 Å². The number of carbonyl (C=O) groups is 1. The number of fused-ring (bicyclic) bond motifs is 1. The predicted octanol–water partition coefficient (Wildman–Crippen LogP) is 4.29. The standard InChI is InChI=1S/C21H24IN5O4S/c1-4-31-19-15-7-8-27(32-22)18(15)24-21(25-19)23-16-6-5-14(11-17(16)29-3)20(28)26-9-10-30-12-13(26)2/h5-8,11,13H,4,9-10,12H2,1-3H3,(H,23,24,25)/t13-/m0/s1. The van der Waals surface area contributed by atoms with Crippen LogP contribution in [-0.2, 0) is 4.74 Å². The lowest BCUT2D eigenvalue weighted by atomic mass is 10.1. The molecule has 1 atom stereocenters. The van der Waals surface area contributed by atoms with Gasteiger partial charge in [-0.2, -0.15) is 9.97 Å². The Hall–Kier alpha value is -2.25. The molecule has 1 N–H and O–H groups in total. The molecule has 9 nitrogen and oxygen atoms in total. The number of rotatable bonds is 7. The van der Waals surface area contributed by atoms with Crippen LogP contribution >= 0.6 is 30.3 Å². The minimum Gasteiger partial charge on any atom is -0.495 e. The third-order valence-electron chi connectivity index (χ3n) is 5.15. The Kier molecular flexibility index (Phi) is 7.26. The Bertz CT molecular complexity index is 1130. The first-order valence-electron chi connectivity index (χ1n) is 10.2. The van der Waals surface area contributed by atoms with E-state index >= 15 is 0 Å². The van der Waals surface area contributed by atoms with Gasteiger partial charge in [-0.3, -0.25) is 8.77 Å². The fourth-order valence-corrected chi connectivity index (χ4v) is 4.83. The number of carbonyl (C=O) groups excluding carboxylic acids is 1. The van der Waals surface area contributed by atoms with Gasteiger partial charge in [-0.15, -0.1) is 0 Å². The number of morpholine rings is 1. The average Bonchev–Trinajstić information content (AvgIpc) is 3.22. The van der Waals surface area contributed by atoms with Crippen LogP contribution in [0.5, 0.6) is 11.6 Å². The monoisotopic (exact) mass is 569 g/mol. The SMILES string of the molecule is CCOc1nc(Nc2ccc(C(=O)N3CCOC[C@@H]3C)cc2OC)nc2c1ccn2SI. The molecule has 170 valence electrons. The Balaban J connectivity index is 1.64. The molecular weight excluding hydrogens is 545 g/mol. The number of anilines is 2. The highest BCUT2D eigenvalue weighted by Gasteiger charge is 2.25. The molecule has 2 aromatic heterocycles. The number of benzene rings is 1. The zero-order valence-electron chi connectivity index (χ0n) is 18.0. The van der Waals surface area contributed by atoms with Crippen LogP contribution in [0.3, 0.4) is 0 Å². The van der Waals surface area contributed by atoms with Gasteiger partial charge in [0.2, 0.25) is 11.8 Å². The van der Waals surface area contributed by atoms with Crippen LogP contribution in [0.4, 0.5) is 11.6 Å². The molecule has 0 bridgehead atoms. The van der Waals surface area contributed by atoms with Crippen LogP contribution in [0.25, 0.3) is 11.0 Å². The first-order valence-corrected chi connectivity index (χ1v) is 13.5. The second-order valence-electron chi connectivity index (χ2n) is 7.20. The van der Waals surface area contributed by atoms with E-state index in [1.165, 1.54) is 9.12 Å². The fourth-order valence-electron chi connectivity index (χ4n) is 3.57. The zero-order chi connectivity index (χ0) is 22.7. The van der Waals surface area contributed by atoms with E-state index in [2.05, 4.69) is 36.5 Å². The first-order chi connectivity index (χ1) is 15.5. The molecule has 1 aliphatic heterocycles. The molecule has 1 aliphatic rings. The van der Waals surface area contributed by atoms with Crippen LogP contribution in [0.1, 0.15) is 24.2 Å². The van der Waals surface area contributed by atoms with Crippen molar-refractivity contribution in [3.63, 3.8) is 0 Å². The summed E-state index contributed by atoms with van der Waals surface area (Å²) in [5.74, 6) is 1.37. The maximum absolute atomic E-state index is 13.0. The van der Waals surface area contributed by atoms with Crippen molar-refractivity contribution in [1.29, 1.82) is 0 Å². The van der Waals surface area contributed by atoms with Gasteiger partial charge in [0.25, 0.3) is 5.91 Å². The maximum atomic E-state index is 13.0. The van der Waals surface area contributed by atoms with Gasteiger partial charge < -0.3 is 24.4 Å². The fraction of sp³-hybridized carbons (Fsp3) is 0.381. The summed E-state index contributed by atoms with van der Waals surface area (Å²) < 4.78 is 18.7. The lowest BCUT2D eigenvalue weighted by Crippen LogP contribution is -2.47. The van der Waals surface area contributed by atoms with Crippen LogP contribution in [-0.4, -0.2) is 64.3 Å². The topological polar surface area (TPSA) is 90.7 Å². The molecule has 1 saturated heterocycles. The molecule has 0 radical (unpaired) electrons. The lowest BCUT2D eigenvalue weighted by Gasteiger charge is -2.33. The van der Waals surface area contributed by atoms with Crippen LogP contribution in [0, 0.1) is 0 Å². The van der Waals surface area contributed by atoms with Crippen molar-refractivity contribution in [3.8, 4) is 11.6 Å². The summed E-state index contributed by atoms with van der Waals surface area (Å²) in [4.78, 5) is 24.0. The molecule has 32 heavy (non-hydrogen) atoms. The van der Waals surface area contributed by atoms with E-state index < -0.39 is 0 Å². The van der Waals surface area contributed by atoms with Gasteiger partial charge in [0, 0.05) is 48.6 Å². The van der Waals surface area contributed by atoms with Gasteiger partial charge in [0.1, 0.15) is 5.75 Å². The summed E-state index contributed by atoms with van der Waals surface area (Å²) >= 11 is 2.20. The van der Waals surface area contributed by atoms with Gasteiger partial charge in [-0.25, -0.2) is 0 Å². The highest BCUT2D eigenvalue weighted by Crippen LogP contribution is 2.33. The van der Waals surface area contributed by atoms with E-state index in [-0.39, 0.29) is 11.9 Å². The largest absolute Gasteiger partial charge is 0.495 e. The molecule has 0 unspecified atom stereocenters. The van der Waals surface area contributed by atoms with Crippen LogP contribution in [0.2, 0.25) is 0 Å². The molecule has 0 aliphatic carbocycles. The summed E-state index contributed by atoms with van der Waals surface area (Å²) in [7, 11) is 3.08. The van der Waals surface area contributed by atoms with Crippen molar-refractivity contribution < 1.29 is 19.0 Å². The minimum atomic E-state index is -0.0427. The molecule has 0 saturated carbocycles. The smallest absolute Gasteiger partial charge is 0.254 e. The number of aromatic nitrogens is 3. The van der Waals surface area contributed by atoms with E-state index in [9.17, 15) is 4.79 Å². The summed E-state index contributed by atoms with van der Waals surface area (Å²) in [6.07, 6.45) is 1.93. The van der Waals surface area contributed by atoms with E-state index in [1.54, 1.807) is 25.3 Å². The van der Waals surface area contributed by atoms with Crippen molar-refractivity contribution in [3.05, 3.63) is 36.0 Å². The van der Waals surface area contributed by atoms with E-state index in [4.69, 9.17) is 14.2 Å². The van der Waals surface area contributed by atoms with Crippen molar-refractivity contribution in [2.45, 2.75) is 19.9 Å². The highest BCUT2D eigenvalue weighted by molar-refractivity contribution is 14.2. The van der Waals surface area contributed by atoms with Gasteiger partial charge in [-0.05, 0) is 38.1 Å². The number of hydrogen-bond donors (Lipinski definition) is 1. The number of methoxy groups -OCH3 is 1. The molecular formula is C21H24IN5O4S. The zero-order valence-corrected chi connectivity index (χ0v) is 21.0. The van der Waals surface area contributed by atoms with E-state index in [1.807, 2.05) is 35.0 Å². The van der Waals surface area contributed by atoms with E-state index in [0.717, 1.165) is 11.0 Å². The number of hydrogen-bond acceptors (Lipinski definition) is 8. The van der Waals surface area contributed by atoms with Crippen molar-refractivity contribution >= 4 is 58.9 Å². The summed E-state index contributed by atoms with van der Waals surface area (Å²) in [5, 5.41) is 4.05. The third-order valence-corrected chi connectivity index (χ3v) is 6.87. The Morgan fingerprint density at radius 3 is 2.94 bits per heavy atom. The molecule has 3 aromatic rings. The molecule has 3 heterocycles. The molecule has 1 amide bonds. The number of amides is 1. The predicted molar refractivity (Wildman–Crippen MR) is 133 cm³/mol. The Morgan fingerprint density at radius 1 is 1.38 bits per heavy atom. The molecule has 0 spiro atoms. The average molecular weight is 569 g/mol. The maximum Gasteiger partial charge on any atom is 0.254 e. The van der Waals surface area contributed by atoms with Crippen molar-refractivity contribution in [2.24, 2.45) is 0 Å². The highest BCUT2D eigenvalue weighted by atomic mass is 127. The van der Waals surface area contributed by atoms with Gasteiger partial charge in [0.15, 0.2) is 5.65 Å². The first kappa shape index (κ1) is 22.9. The number of ether oxygens (including phenoxy) is 3. The van der Waals surface area contributed by atoms with Crippen molar-refractivity contribution in [2.75, 3.05) is 38.8 Å². The number of nitrogens with one attached hydrogen (secondary N) is 1. The van der Waals surface area contributed by atoms with Crippen molar-refractivity contribution in [1.82, 2.24) is 18.8 Å². The molecule has 11 heteroatoms. The van der Waals surface area contributed by atoms with Gasteiger partial charge >= 0.3 is 0 Å². The third kappa shape index (κ3) is 4.59. The molecule has 1 fully saturated rings. The Morgan fingerprint density at radius 2 is 2.22 bits per heavy atom. The number of nitrogens with zero attached hydrogens (tertiary/aromatic N) is 4. The lowest BCUT2D eigenvalue weighted by molar-refractivity contribution is 0.00358. The molecule has 1 aromatic carbocycles. The quantitative estimate of drug-likeness (QED) is 0.422. The molecule has 4 rings (SSSR count). The van der Waals surface area contributed by atoms with Gasteiger partial charge in [0.05, 0.1) is 44.0 Å². The Labute approximate surface area is 202 Å².